The van der Waals surface area contributed by atoms with E-state index in [1.807, 2.05) is 23.9 Å². The third kappa shape index (κ3) is 3.53. The van der Waals surface area contributed by atoms with Gasteiger partial charge < -0.3 is 5.73 Å². The molecule has 2 aromatic rings. The average molecular weight is 243 g/mol. The van der Waals surface area contributed by atoms with Crippen LogP contribution < -0.4 is 5.73 Å². The van der Waals surface area contributed by atoms with E-state index in [9.17, 15) is 0 Å². The molecule has 0 radical (unpaired) electrons. The zero-order valence-corrected chi connectivity index (χ0v) is 10.8. The van der Waals surface area contributed by atoms with Crippen molar-refractivity contribution in [2.75, 3.05) is 5.73 Å². The van der Waals surface area contributed by atoms with Gasteiger partial charge in [0.05, 0.1) is 0 Å². The van der Waals surface area contributed by atoms with Crippen LogP contribution in [0.15, 0.2) is 48.5 Å². The molecule has 2 rings (SSSR count). The van der Waals surface area contributed by atoms with E-state index in [0.717, 1.165) is 17.2 Å². The maximum absolute atomic E-state index is 5.66. The standard InChI is InChI=1S/C15H17NS/c1-12-4-2-3-5-14(12)11-17-10-13-6-8-15(16)9-7-13/h2-9H,10-11,16H2,1H3. The van der Waals surface area contributed by atoms with E-state index in [1.54, 1.807) is 0 Å². The highest BCUT2D eigenvalue weighted by atomic mass is 32.2. The molecule has 2 heteroatoms. The summed E-state index contributed by atoms with van der Waals surface area (Å²) in [5.41, 5.74) is 10.6. The van der Waals surface area contributed by atoms with Gasteiger partial charge >= 0.3 is 0 Å². The number of aryl methyl sites for hydroxylation is 1. The van der Waals surface area contributed by atoms with Crippen LogP contribution in [0, 0.1) is 6.92 Å². The van der Waals surface area contributed by atoms with E-state index in [0.29, 0.717) is 0 Å². The lowest BCUT2D eigenvalue weighted by Gasteiger charge is -2.05. The molecule has 0 aliphatic carbocycles. The number of nitrogens with two attached hydrogens (primary N) is 1. The van der Waals surface area contributed by atoms with Gasteiger partial charge in [0, 0.05) is 17.2 Å². The molecule has 0 atom stereocenters. The topological polar surface area (TPSA) is 26.0 Å². The number of hydrogen-bond acceptors (Lipinski definition) is 2. The molecule has 0 fully saturated rings. The van der Waals surface area contributed by atoms with Crippen molar-refractivity contribution in [3.63, 3.8) is 0 Å². The van der Waals surface area contributed by atoms with Crippen molar-refractivity contribution in [2.24, 2.45) is 0 Å². The predicted molar refractivity (Wildman–Crippen MR) is 77.0 cm³/mol. The summed E-state index contributed by atoms with van der Waals surface area (Å²) in [6, 6.07) is 16.7. The van der Waals surface area contributed by atoms with E-state index >= 15 is 0 Å². The fourth-order valence-electron chi connectivity index (χ4n) is 1.66. The Bertz CT molecular complexity index is 477. The molecule has 0 heterocycles. The summed E-state index contributed by atoms with van der Waals surface area (Å²) in [5.74, 6) is 2.10. The van der Waals surface area contributed by atoms with E-state index in [2.05, 4.69) is 43.3 Å². The number of benzene rings is 2. The van der Waals surface area contributed by atoms with Crippen LogP contribution in [0.5, 0.6) is 0 Å². The van der Waals surface area contributed by atoms with Crippen molar-refractivity contribution in [1.82, 2.24) is 0 Å². The molecule has 0 saturated heterocycles. The minimum Gasteiger partial charge on any atom is -0.399 e. The third-order valence-electron chi connectivity index (χ3n) is 2.77. The van der Waals surface area contributed by atoms with Gasteiger partial charge in [-0.3, -0.25) is 0 Å². The molecule has 0 bridgehead atoms. The molecule has 0 aliphatic heterocycles. The van der Waals surface area contributed by atoms with Crippen molar-refractivity contribution in [2.45, 2.75) is 18.4 Å². The third-order valence-corrected chi connectivity index (χ3v) is 3.82. The van der Waals surface area contributed by atoms with Crippen molar-refractivity contribution in [1.29, 1.82) is 0 Å². The lowest BCUT2D eigenvalue weighted by atomic mass is 10.1. The molecule has 2 N–H and O–H groups in total. The second-order valence-electron chi connectivity index (χ2n) is 4.16. The Morgan fingerprint density at radius 2 is 1.65 bits per heavy atom. The molecule has 0 spiro atoms. The number of nitrogen functional groups attached to an aromatic ring is 1. The van der Waals surface area contributed by atoms with Crippen LogP contribution in [0.25, 0.3) is 0 Å². The molecule has 1 nitrogen and oxygen atoms in total. The highest BCUT2D eigenvalue weighted by Crippen LogP contribution is 2.20. The van der Waals surface area contributed by atoms with Crippen molar-refractivity contribution >= 4 is 17.4 Å². The number of thioether (sulfide) groups is 1. The van der Waals surface area contributed by atoms with Crippen LogP contribution in [0.3, 0.4) is 0 Å². The van der Waals surface area contributed by atoms with Gasteiger partial charge in [-0.2, -0.15) is 11.8 Å². The van der Waals surface area contributed by atoms with Crippen LogP contribution >= 0.6 is 11.8 Å². The molecule has 0 aliphatic rings. The normalized spacial score (nSPS) is 10.4. The Hall–Kier alpha value is -1.41. The smallest absolute Gasteiger partial charge is 0.0314 e. The summed E-state index contributed by atoms with van der Waals surface area (Å²) in [6.45, 7) is 2.17. The van der Waals surface area contributed by atoms with E-state index in [-0.39, 0.29) is 0 Å². The summed E-state index contributed by atoms with van der Waals surface area (Å²) in [7, 11) is 0. The van der Waals surface area contributed by atoms with Gasteiger partial charge in [-0.25, -0.2) is 0 Å². The van der Waals surface area contributed by atoms with Crippen molar-refractivity contribution < 1.29 is 0 Å². The van der Waals surface area contributed by atoms with Crippen molar-refractivity contribution in [3.8, 4) is 0 Å². The van der Waals surface area contributed by atoms with Crippen LogP contribution in [0.2, 0.25) is 0 Å². The second-order valence-corrected chi connectivity index (χ2v) is 5.15. The Kier molecular flexibility index (Phi) is 4.10. The van der Waals surface area contributed by atoms with Gasteiger partial charge in [0.1, 0.15) is 0 Å². The summed E-state index contributed by atoms with van der Waals surface area (Å²) < 4.78 is 0. The van der Waals surface area contributed by atoms with Gasteiger partial charge in [0.15, 0.2) is 0 Å². The highest BCUT2D eigenvalue weighted by Gasteiger charge is 1.98. The van der Waals surface area contributed by atoms with Gasteiger partial charge in [-0.1, -0.05) is 36.4 Å². The molecule has 2 aromatic carbocycles. The van der Waals surface area contributed by atoms with Gasteiger partial charge in [0.25, 0.3) is 0 Å². The Morgan fingerprint density at radius 3 is 2.35 bits per heavy atom. The highest BCUT2D eigenvalue weighted by molar-refractivity contribution is 7.97. The summed E-state index contributed by atoms with van der Waals surface area (Å²) in [6.07, 6.45) is 0. The fourth-order valence-corrected chi connectivity index (χ4v) is 2.74. The summed E-state index contributed by atoms with van der Waals surface area (Å²) >= 11 is 1.94. The van der Waals surface area contributed by atoms with Crippen molar-refractivity contribution in [3.05, 3.63) is 65.2 Å². The Morgan fingerprint density at radius 1 is 0.941 bits per heavy atom. The van der Waals surface area contributed by atoms with Gasteiger partial charge in [-0.15, -0.1) is 0 Å². The molecular weight excluding hydrogens is 226 g/mol. The first-order valence-electron chi connectivity index (χ1n) is 5.72. The van der Waals surface area contributed by atoms with E-state index < -0.39 is 0 Å². The van der Waals surface area contributed by atoms with Gasteiger partial charge in [0.2, 0.25) is 0 Å². The zero-order chi connectivity index (χ0) is 12.1. The van der Waals surface area contributed by atoms with Crippen LogP contribution in [0.1, 0.15) is 16.7 Å². The molecule has 0 unspecified atom stereocenters. The number of rotatable bonds is 4. The summed E-state index contributed by atoms with van der Waals surface area (Å²) in [4.78, 5) is 0. The van der Waals surface area contributed by atoms with E-state index in [1.165, 1.54) is 16.7 Å². The predicted octanol–water partition coefficient (Wildman–Crippen LogP) is 4.01. The lowest BCUT2D eigenvalue weighted by molar-refractivity contribution is 1.30. The second kappa shape index (κ2) is 5.78. The maximum atomic E-state index is 5.66. The molecule has 0 amide bonds. The fraction of sp³-hybridized carbons (Fsp3) is 0.200. The Balaban J connectivity index is 1.88. The molecule has 0 aromatic heterocycles. The number of hydrogen-bond donors (Lipinski definition) is 1. The zero-order valence-electron chi connectivity index (χ0n) is 10.0. The first-order chi connectivity index (χ1) is 8.25. The van der Waals surface area contributed by atoms with Crippen LogP contribution in [-0.4, -0.2) is 0 Å². The molecule has 17 heavy (non-hydrogen) atoms. The molecule has 0 saturated carbocycles. The largest absolute Gasteiger partial charge is 0.399 e. The average Bonchev–Trinajstić information content (AvgIpc) is 2.34. The minimum absolute atomic E-state index is 0.831. The SMILES string of the molecule is Cc1ccccc1CSCc1ccc(N)cc1. The monoisotopic (exact) mass is 243 g/mol. The Labute approximate surface area is 107 Å². The quantitative estimate of drug-likeness (QED) is 0.821. The maximum Gasteiger partial charge on any atom is 0.0314 e. The number of anilines is 1. The molecular formula is C15H17NS. The molecule has 88 valence electrons. The van der Waals surface area contributed by atoms with Crippen LogP contribution in [0.4, 0.5) is 5.69 Å². The van der Waals surface area contributed by atoms with Gasteiger partial charge in [-0.05, 0) is 35.7 Å². The van der Waals surface area contributed by atoms with E-state index in [4.69, 9.17) is 5.73 Å². The first-order valence-corrected chi connectivity index (χ1v) is 6.88. The minimum atomic E-state index is 0.831. The first kappa shape index (κ1) is 12.1. The summed E-state index contributed by atoms with van der Waals surface area (Å²) in [5, 5.41) is 0. The van der Waals surface area contributed by atoms with Crippen LogP contribution in [-0.2, 0) is 11.5 Å². The lowest BCUT2D eigenvalue weighted by Crippen LogP contribution is -1.88.